The van der Waals surface area contributed by atoms with Gasteiger partial charge in [0.1, 0.15) is 5.82 Å². The van der Waals surface area contributed by atoms with Crippen LogP contribution in [0.4, 0.5) is 4.39 Å². The minimum Gasteiger partial charge on any atom is -0.390 e. The molecule has 2 N–H and O–H groups in total. The van der Waals surface area contributed by atoms with Crippen molar-refractivity contribution in [2.45, 2.75) is 110 Å². The monoisotopic (exact) mass is 482 g/mol. The van der Waals surface area contributed by atoms with E-state index in [2.05, 4.69) is 33.8 Å². The first-order chi connectivity index (χ1) is 16.6. The number of allylic oxidation sites excluding steroid dienone is 1. The molecule has 9 atom stereocenters. The van der Waals surface area contributed by atoms with Gasteiger partial charge < -0.3 is 10.2 Å². The Hall–Kier alpha value is -1.19. The number of hydrogen-bond acceptors (Lipinski definition) is 2. The first-order valence-electron chi connectivity index (χ1n) is 14.4. The second kappa shape index (κ2) is 9.28. The number of fused-ring (bicyclic) bond motifs is 5. The maximum Gasteiger partial charge on any atom is 0.123 e. The Morgan fingerprint density at radius 3 is 2.60 bits per heavy atom. The van der Waals surface area contributed by atoms with Gasteiger partial charge in [0.15, 0.2) is 0 Å². The van der Waals surface area contributed by atoms with Gasteiger partial charge in [-0.3, -0.25) is 0 Å². The molecule has 1 aromatic rings. The van der Waals surface area contributed by atoms with Crippen molar-refractivity contribution >= 4 is 0 Å². The van der Waals surface area contributed by atoms with E-state index in [1.807, 2.05) is 6.07 Å². The van der Waals surface area contributed by atoms with Crippen molar-refractivity contribution in [1.82, 2.24) is 0 Å². The van der Waals surface area contributed by atoms with Crippen molar-refractivity contribution < 1.29 is 14.6 Å². The van der Waals surface area contributed by atoms with Crippen molar-refractivity contribution in [3.8, 4) is 0 Å². The van der Waals surface area contributed by atoms with Crippen molar-refractivity contribution in [3.63, 3.8) is 0 Å². The molecule has 1 aromatic carbocycles. The minimum atomic E-state index is -0.580. The van der Waals surface area contributed by atoms with E-state index in [1.54, 1.807) is 11.6 Å². The fourth-order valence-corrected chi connectivity index (χ4v) is 9.49. The van der Waals surface area contributed by atoms with Crippen LogP contribution in [0.2, 0.25) is 0 Å². The smallest absolute Gasteiger partial charge is 0.123 e. The molecule has 0 radical (unpaired) electrons. The van der Waals surface area contributed by atoms with E-state index in [1.165, 1.54) is 44.2 Å². The number of hydrogen-bond donors (Lipinski definition) is 2. The Labute approximate surface area is 212 Å². The van der Waals surface area contributed by atoms with Gasteiger partial charge in [-0.1, -0.05) is 51.5 Å². The zero-order valence-corrected chi connectivity index (χ0v) is 22.4. The van der Waals surface area contributed by atoms with E-state index < -0.39 is 11.7 Å². The Balaban J connectivity index is 1.27. The van der Waals surface area contributed by atoms with Gasteiger partial charge in [-0.15, -0.1) is 0 Å². The number of benzene rings is 1. The number of aliphatic hydroxyl groups excluding tert-OH is 1. The van der Waals surface area contributed by atoms with Crippen molar-refractivity contribution in [2.75, 3.05) is 0 Å². The third-order valence-corrected chi connectivity index (χ3v) is 11.8. The van der Waals surface area contributed by atoms with Crippen LogP contribution in [0.5, 0.6) is 0 Å². The van der Waals surface area contributed by atoms with Crippen molar-refractivity contribution in [2.24, 2.45) is 40.4 Å². The molecule has 0 heterocycles. The van der Waals surface area contributed by atoms with Gasteiger partial charge >= 0.3 is 0 Å². The molecule has 3 saturated carbocycles. The fourth-order valence-electron chi connectivity index (χ4n) is 9.49. The van der Waals surface area contributed by atoms with E-state index >= 15 is 0 Å². The van der Waals surface area contributed by atoms with Crippen LogP contribution in [0, 0.1) is 46.2 Å². The summed E-state index contributed by atoms with van der Waals surface area (Å²) < 4.78 is 13.6. The van der Waals surface area contributed by atoms with Gasteiger partial charge in [0.2, 0.25) is 0 Å². The first kappa shape index (κ1) is 25.5. The maximum atomic E-state index is 13.6. The molecule has 0 bridgehead atoms. The van der Waals surface area contributed by atoms with E-state index in [0.29, 0.717) is 29.2 Å². The zero-order valence-electron chi connectivity index (χ0n) is 22.4. The lowest BCUT2D eigenvalue weighted by molar-refractivity contribution is -0.0757. The molecule has 5 rings (SSSR count). The summed E-state index contributed by atoms with van der Waals surface area (Å²) in [6, 6.07) is 6.44. The summed E-state index contributed by atoms with van der Waals surface area (Å²) in [4.78, 5) is 0. The number of halogens is 1. The molecule has 0 aromatic heterocycles. The molecule has 4 aliphatic carbocycles. The molecule has 4 aliphatic rings. The lowest BCUT2D eigenvalue weighted by Gasteiger charge is -2.59. The van der Waals surface area contributed by atoms with Crippen molar-refractivity contribution in [1.29, 1.82) is 0 Å². The van der Waals surface area contributed by atoms with Crippen LogP contribution < -0.4 is 0 Å². The van der Waals surface area contributed by atoms with Gasteiger partial charge in [-0.2, -0.15) is 0 Å². The summed E-state index contributed by atoms with van der Waals surface area (Å²) >= 11 is 0. The Morgan fingerprint density at radius 2 is 1.86 bits per heavy atom. The van der Waals surface area contributed by atoms with Gasteiger partial charge in [-0.05, 0) is 129 Å². The van der Waals surface area contributed by atoms with E-state index in [9.17, 15) is 14.6 Å². The molecule has 0 saturated heterocycles. The second-order valence-electron chi connectivity index (χ2n) is 13.4. The normalized spacial score (nSPS) is 42.4. The largest absolute Gasteiger partial charge is 0.390 e. The molecule has 0 amide bonds. The number of aliphatic hydroxyl groups is 2. The molecule has 0 unspecified atom stereocenters. The van der Waals surface area contributed by atoms with Gasteiger partial charge in [0.25, 0.3) is 0 Å². The summed E-state index contributed by atoms with van der Waals surface area (Å²) in [5.41, 5.74) is 2.46. The van der Waals surface area contributed by atoms with Crippen molar-refractivity contribution in [3.05, 3.63) is 47.3 Å². The Morgan fingerprint density at radius 1 is 1.06 bits per heavy atom. The highest BCUT2D eigenvalue weighted by Crippen LogP contribution is 2.67. The molecule has 0 aliphatic heterocycles. The molecule has 2 nitrogen and oxygen atoms in total. The fraction of sp³-hybridized carbons (Fsp3) is 0.750. The highest BCUT2D eigenvalue weighted by Gasteiger charge is 2.59. The predicted octanol–water partition coefficient (Wildman–Crippen LogP) is 8.00. The average Bonchev–Trinajstić information content (AvgIpc) is 3.20. The SMILES string of the molecule is CC[C@]1(O)CC[C@@]2(C)C(=CC[C@H]3[C@@H]4CC[C@H]([C@H](C)CC[C@H](O)c5cccc(F)c5)[C@@]4(C)CC[C@@H]32)C1. The minimum absolute atomic E-state index is 0.270. The van der Waals surface area contributed by atoms with Crippen LogP contribution in [0.15, 0.2) is 35.9 Å². The van der Waals surface area contributed by atoms with Gasteiger partial charge in [0.05, 0.1) is 11.7 Å². The Bertz CT molecular complexity index is 957. The zero-order chi connectivity index (χ0) is 25.0. The van der Waals surface area contributed by atoms with Crippen LogP contribution in [0.25, 0.3) is 0 Å². The van der Waals surface area contributed by atoms with E-state index in [0.717, 1.165) is 49.9 Å². The third kappa shape index (κ3) is 4.33. The third-order valence-electron chi connectivity index (χ3n) is 11.8. The Kier molecular flexibility index (Phi) is 6.75. The summed E-state index contributed by atoms with van der Waals surface area (Å²) in [5.74, 6) is 3.36. The molecule has 194 valence electrons. The summed E-state index contributed by atoms with van der Waals surface area (Å²) in [7, 11) is 0. The lowest BCUT2D eigenvalue weighted by Crippen LogP contribution is -2.52. The van der Waals surface area contributed by atoms with E-state index in [-0.39, 0.29) is 11.2 Å². The molecule has 3 heteroatoms. The summed E-state index contributed by atoms with van der Waals surface area (Å²) in [6.45, 7) is 9.65. The van der Waals surface area contributed by atoms with Gasteiger partial charge in [-0.25, -0.2) is 4.39 Å². The van der Waals surface area contributed by atoms with Crippen LogP contribution in [-0.2, 0) is 0 Å². The molecule has 3 fully saturated rings. The van der Waals surface area contributed by atoms with Crippen LogP contribution in [-0.4, -0.2) is 15.8 Å². The molecule has 0 spiro atoms. The topological polar surface area (TPSA) is 40.5 Å². The standard InChI is InChI=1S/C32H47FO2/c1-5-32(35)18-17-30(3)23(20-32)10-11-25-27-13-12-26(31(27,4)16-15-28(25)30)21(2)9-14-29(34)22-7-6-8-24(33)19-22/h6-8,10,19,21,25-29,34-35H,5,9,11-18,20H2,1-4H3/t21-,25+,26-,27+,28+,29+,30+,31-,32+/m1/s1. The van der Waals surface area contributed by atoms with Crippen LogP contribution in [0.3, 0.4) is 0 Å². The molecular weight excluding hydrogens is 435 g/mol. The molecule has 35 heavy (non-hydrogen) atoms. The first-order valence-corrected chi connectivity index (χ1v) is 14.4. The van der Waals surface area contributed by atoms with Crippen LogP contribution >= 0.6 is 0 Å². The lowest BCUT2D eigenvalue weighted by atomic mass is 9.46. The van der Waals surface area contributed by atoms with E-state index in [4.69, 9.17) is 0 Å². The second-order valence-corrected chi connectivity index (χ2v) is 13.4. The molecular formula is C32H47FO2. The summed E-state index contributed by atoms with van der Waals surface area (Å²) in [5, 5.41) is 21.7. The maximum absolute atomic E-state index is 13.6. The summed E-state index contributed by atoms with van der Waals surface area (Å²) in [6.07, 6.45) is 14.0. The highest BCUT2D eigenvalue weighted by atomic mass is 19.1. The quantitative estimate of drug-likeness (QED) is 0.403. The highest BCUT2D eigenvalue weighted by molar-refractivity contribution is 5.27. The predicted molar refractivity (Wildman–Crippen MR) is 140 cm³/mol. The van der Waals surface area contributed by atoms with Crippen LogP contribution in [0.1, 0.15) is 110 Å². The average molecular weight is 483 g/mol. The number of rotatable bonds is 6. The van der Waals surface area contributed by atoms with Gasteiger partial charge in [0, 0.05) is 0 Å².